The van der Waals surface area contributed by atoms with E-state index >= 15 is 0 Å². The first-order chi connectivity index (χ1) is 5.95. The van der Waals surface area contributed by atoms with E-state index in [2.05, 4.69) is 0 Å². The average molecular weight is 189 g/mol. The van der Waals surface area contributed by atoms with Gasteiger partial charge in [0, 0.05) is 6.07 Å². The van der Waals surface area contributed by atoms with Crippen LogP contribution in [0.25, 0.3) is 0 Å². The topological polar surface area (TPSA) is 83.5 Å². The molecule has 0 aliphatic carbocycles. The Morgan fingerprint density at radius 3 is 2.46 bits per heavy atom. The second kappa shape index (κ2) is 2.89. The molecule has 0 atom stereocenters. The lowest BCUT2D eigenvalue weighted by Crippen LogP contribution is -2.07. The van der Waals surface area contributed by atoms with Crippen LogP contribution >= 0.6 is 0 Å². The number of hydrogen-bond donors (Lipinski definition) is 3. The summed E-state index contributed by atoms with van der Waals surface area (Å²) in [5.74, 6) is -5.43. The van der Waals surface area contributed by atoms with E-state index in [-0.39, 0.29) is 0 Å². The monoisotopic (exact) mass is 189 g/mol. The number of carbonyl (C=O) groups is 1. The van der Waals surface area contributed by atoms with Gasteiger partial charge in [0.15, 0.2) is 5.82 Å². The lowest BCUT2D eigenvalue weighted by molar-refractivity contribution is 0.0686. The van der Waals surface area contributed by atoms with Crippen LogP contribution in [0, 0.1) is 11.6 Å². The van der Waals surface area contributed by atoms with Crippen molar-refractivity contribution in [3.05, 3.63) is 23.3 Å². The Labute approximate surface area is 71.2 Å². The second-order valence-corrected chi connectivity index (χ2v) is 2.29. The molecule has 1 rings (SSSR count). The molecule has 0 spiro atoms. The maximum atomic E-state index is 12.9. The third-order valence-electron chi connectivity index (χ3n) is 1.45. The molecule has 0 amide bonds. The van der Waals surface area contributed by atoms with Crippen molar-refractivity contribution < 1.29 is 23.8 Å². The van der Waals surface area contributed by atoms with Crippen LogP contribution in [0.1, 0.15) is 10.4 Å². The van der Waals surface area contributed by atoms with E-state index in [1.807, 2.05) is 0 Å². The number of halogens is 2. The van der Waals surface area contributed by atoms with E-state index in [1.165, 1.54) is 0 Å². The van der Waals surface area contributed by atoms with Gasteiger partial charge in [0.25, 0.3) is 0 Å². The van der Waals surface area contributed by atoms with Crippen LogP contribution in [0.4, 0.5) is 14.5 Å². The predicted octanol–water partition coefficient (Wildman–Crippen LogP) is 0.951. The van der Waals surface area contributed by atoms with Crippen LogP contribution in [-0.4, -0.2) is 16.2 Å². The summed E-state index contributed by atoms with van der Waals surface area (Å²) in [5.41, 5.74) is 2.98. The Morgan fingerprint density at radius 1 is 1.46 bits per heavy atom. The normalized spacial score (nSPS) is 10.0. The maximum absolute atomic E-state index is 12.9. The van der Waals surface area contributed by atoms with Crippen LogP contribution in [-0.2, 0) is 0 Å². The molecule has 0 aliphatic heterocycles. The number of carboxylic acids is 1. The first kappa shape index (κ1) is 9.24. The first-order valence-electron chi connectivity index (χ1n) is 3.15. The molecule has 70 valence electrons. The Morgan fingerprint density at radius 2 is 2.00 bits per heavy atom. The van der Waals surface area contributed by atoms with E-state index in [9.17, 15) is 13.6 Å². The zero-order valence-corrected chi connectivity index (χ0v) is 6.21. The molecular formula is C7H5F2NO3. The quantitative estimate of drug-likeness (QED) is 0.453. The largest absolute Gasteiger partial charge is 0.506 e. The summed E-state index contributed by atoms with van der Waals surface area (Å²) in [5, 5.41) is 17.1. The number of carboxylic acid groups (broad SMARTS) is 1. The number of nitrogen functional groups attached to an aromatic ring is 1. The van der Waals surface area contributed by atoms with E-state index < -0.39 is 34.6 Å². The van der Waals surface area contributed by atoms with Crippen molar-refractivity contribution >= 4 is 11.7 Å². The van der Waals surface area contributed by atoms with Crippen molar-refractivity contribution in [2.45, 2.75) is 0 Å². The van der Waals surface area contributed by atoms with E-state index in [4.69, 9.17) is 15.9 Å². The fourth-order valence-corrected chi connectivity index (χ4v) is 0.818. The molecule has 0 radical (unpaired) electrons. The highest BCUT2D eigenvalue weighted by molar-refractivity contribution is 5.90. The number of benzene rings is 1. The number of nitrogens with two attached hydrogens (primary N) is 1. The Bertz CT molecular complexity index is 378. The third kappa shape index (κ3) is 1.37. The minimum Gasteiger partial charge on any atom is -0.506 e. The molecule has 4 N–H and O–H groups in total. The smallest absolute Gasteiger partial charge is 0.341 e. The average Bonchev–Trinajstić information content (AvgIpc) is 1.99. The van der Waals surface area contributed by atoms with Gasteiger partial charge in [0.1, 0.15) is 22.8 Å². The van der Waals surface area contributed by atoms with Crippen molar-refractivity contribution in [2.75, 3.05) is 5.73 Å². The van der Waals surface area contributed by atoms with Gasteiger partial charge in [-0.05, 0) is 0 Å². The highest BCUT2D eigenvalue weighted by Crippen LogP contribution is 2.27. The zero-order valence-electron chi connectivity index (χ0n) is 6.21. The van der Waals surface area contributed by atoms with Crippen molar-refractivity contribution in [2.24, 2.45) is 0 Å². The minimum absolute atomic E-state index is 0.446. The summed E-state index contributed by atoms with van der Waals surface area (Å²) in [6.45, 7) is 0. The summed E-state index contributed by atoms with van der Waals surface area (Å²) in [6.07, 6.45) is 0. The summed E-state index contributed by atoms with van der Waals surface area (Å²) >= 11 is 0. The molecule has 4 nitrogen and oxygen atoms in total. The number of phenols is 1. The molecule has 0 aromatic heterocycles. The van der Waals surface area contributed by atoms with Crippen LogP contribution in [0.3, 0.4) is 0 Å². The van der Waals surface area contributed by atoms with E-state index in [0.29, 0.717) is 6.07 Å². The fraction of sp³-hybridized carbons (Fsp3) is 0. The lowest BCUT2D eigenvalue weighted by atomic mass is 10.1. The summed E-state index contributed by atoms with van der Waals surface area (Å²) in [7, 11) is 0. The van der Waals surface area contributed by atoms with Gasteiger partial charge in [0.05, 0.1) is 0 Å². The first-order valence-corrected chi connectivity index (χ1v) is 3.15. The maximum Gasteiger partial charge on any atom is 0.341 e. The molecule has 0 saturated carbocycles. The third-order valence-corrected chi connectivity index (χ3v) is 1.45. The molecule has 0 heterocycles. The number of anilines is 1. The van der Waals surface area contributed by atoms with Crippen molar-refractivity contribution in [3.63, 3.8) is 0 Å². The molecular weight excluding hydrogens is 184 g/mol. The van der Waals surface area contributed by atoms with Crippen molar-refractivity contribution in [1.82, 2.24) is 0 Å². The predicted molar refractivity (Wildman–Crippen MR) is 39.4 cm³/mol. The van der Waals surface area contributed by atoms with E-state index in [0.717, 1.165) is 0 Å². The van der Waals surface area contributed by atoms with Gasteiger partial charge < -0.3 is 15.9 Å². The molecule has 1 aromatic rings. The standard InChI is InChI=1S/C7H5F2NO3/c8-2-1-3(11)6(10)5(9)4(2)7(12)13/h1,11H,10H2,(H,12,13). The van der Waals surface area contributed by atoms with Gasteiger partial charge in [-0.15, -0.1) is 0 Å². The van der Waals surface area contributed by atoms with Gasteiger partial charge in [-0.25, -0.2) is 13.6 Å². The summed E-state index contributed by atoms with van der Waals surface area (Å²) in [6, 6.07) is 0.446. The van der Waals surface area contributed by atoms with Crippen LogP contribution in [0.15, 0.2) is 6.07 Å². The Kier molecular flexibility index (Phi) is 2.05. The Hall–Kier alpha value is -1.85. The Balaban J connectivity index is 3.53. The van der Waals surface area contributed by atoms with Gasteiger partial charge in [-0.1, -0.05) is 0 Å². The van der Waals surface area contributed by atoms with Gasteiger partial charge in [0.2, 0.25) is 0 Å². The second-order valence-electron chi connectivity index (χ2n) is 2.29. The van der Waals surface area contributed by atoms with Crippen molar-refractivity contribution in [3.8, 4) is 5.75 Å². The molecule has 0 aliphatic rings. The van der Waals surface area contributed by atoms with Crippen LogP contribution in [0.2, 0.25) is 0 Å². The van der Waals surface area contributed by atoms with Gasteiger partial charge >= 0.3 is 5.97 Å². The van der Waals surface area contributed by atoms with Crippen LogP contribution < -0.4 is 5.73 Å². The molecule has 0 saturated heterocycles. The summed E-state index contributed by atoms with van der Waals surface area (Å²) in [4.78, 5) is 10.3. The SMILES string of the molecule is Nc1c(O)cc(F)c(C(=O)O)c1F. The number of aromatic carboxylic acids is 1. The molecule has 0 unspecified atom stereocenters. The zero-order chi connectivity index (χ0) is 10.2. The lowest BCUT2D eigenvalue weighted by Gasteiger charge is -2.04. The van der Waals surface area contributed by atoms with Gasteiger partial charge in [-0.2, -0.15) is 0 Å². The number of rotatable bonds is 1. The molecule has 6 heteroatoms. The number of phenolic OH excluding ortho intramolecular Hbond substituents is 1. The fourth-order valence-electron chi connectivity index (χ4n) is 0.818. The minimum atomic E-state index is -1.78. The van der Waals surface area contributed by atoms with Crippen molar-refractivity contribution in [1.29, 1.82) is 0 Å². The molecule has 1 aromatic carbocycles. The van der Waals surface area contributed by atoms with Gasteiger partial charge in [-0.3, -0.25) is 0 Å². The highest BCUT2D eigenvalue weighted by Gasteiger charge is 2.21. The molecule has 0 fully saturated rings. The number of aromatic hydroxyl groups is 1. The molecule has 0 bridgehead atoms. The summed E-state index contributed by atoms with van der Waals surface area (Å²) < 4.78 is 25.6. The van der Waals surface area contributed by atoms with Crippen LogP contribution in [0.5, 0.6) is 5.75 Å². The van der Waals surface area contributed by atoms with E-state index in [1.54, 1.807) is 0 Å². The highest BCUT2D eigenvalue weighted by atomic mass is 19.1. The number of hydrogen-bond acceptors (Lipinski definition) is 3. The molecule has 13 heavy (non-hydrogen) atoms.